The highest BCUT2D eigenvalue weighted by atomic mass is 15.3. The molecule has 0 atom stereocenters. The Morgan fingerprint density at radius 3 is 2.67 bits per heavy atom. The van der Waals surface area contributed by atoms with Crippen LogP contribution in [0.15, 0.2) is 18.2 Å². The molecule has 0 saturated heterocycles. The monoisotopic (exact) mass is 282 g/mol. The Labute approximate surface area is 126 Å². The number of nitrogens with zero attached hydrogens (tertiary/aromatic N) is 3. The van der Waals surface area contributed by atoms with E-state index in [1.807, 2.05) is 25.1 Å². The molecule has 2 rings (SSSR count). The van der Waals surface area contributed by atoms with Crippen molar-refractivity contribution in [2.75, 3.05) is 6.54 Å². The fraction of sp³-hybridized carbons (Fsp3) is 0.412. The van der Waals surface area contributed by atoms with Gasteiger partial charge in [0.15, 0.2) is 0 Å². The highest BCUT2D eigenvalue weighted by molar-refractivity contribution is 5.38. The first-order valence-electron chi connectivity index (χ1n) is 7.30. The molecule has 0 saturated carbocycles. The Bertz CT molecular complexity index is 677. The number of nitrogens with one attached hydrogen (secondary N) is 1. The van der Waals surface area contributed by atoms with Crippen LogP contribution < -0.4 is 5.32 Å². The van der Waals surface area contributed by atoms with Crippen molar-refractivity contribution in [3.63, 3.8) is 0 Å². The van der Waals surface area contributed by atoms with Gasteiger partial charge in [-0.1, -0.05) is 13.0 Å². The van der Waals surface area contributed by atoms with Crippen molar-refractivity contribution in [3.05, 3.63) is 51.8 Å². The molecule has 0 fully saturated rings. The number of nitriles is 1. The highest BCUT2D eigenvalue weighted by Gasteiger charge is 2.12. The molecule has 2 aromatic rings. The van der Waals surface area contributed by atoms with Crippen molar-refractivity contribution in [1.82, 2.24) is 15.1 Å². The zero-order chi connectivity index (χ0) is 15.4. The van der Waals surface area contributed by atoms with Gasteiger partial charge in [0, 0.05) is 17.8 Å². The van der Waals surface area contributed by atoms with E-state index in [0.717, 1.165) is 30.9 Å². The first-order valence-corrected chi connectivity index (χ1v) is 7.30. The van der Waals surface area contributed by atoms with Gasteiger partial charge in [-0.25, -0.2) is 0 Å². The average Bonchev–Trinajstić information content (AvgIpc) is 2.73. The van der Waals surface area contributed by atoms with Crippen LogP contribution in [0.3, 0.4) is 0 Å². The van der Waals surface area contributed by atoms with Crippen LogP contribution in [0.2, 0.25) is 0 Å². The number of hydrogen-bond acceptors (Lipinski definition) is 3. The molecule has 0 unspecified atom stereocenters. The minimum absolute atomic E-state index is 0.706. The van der Waals surface area contributed by atoms with Crippen LogP contribution in [0.25, 0.3) is 0 Å². The SMILES string of the molecule is CCNCc1c(C)nn(Cc2ccc(C#N)cc2C)c1C. The second kappa shape index (κ2) is 6.55. The molecule has 1 heterocycles. The summed E-state index contributed by atoms with van der Waals surface area (Å²) in [6, 6.07) is 8.00. The van der Waals surface area contributed by atoms with Crippen LogP contribution in [0, 0.1) is 32.1 Å². The first-order chi connectivity index (χ1) is 10.1. The minimum atomic E-state index is 0.706. The smallest absolute Gasteiger partial charge is 0.0991 e. The molecule has 4 heteroatoms. The molecule has 110 valence electrons. The van der Waals surface area contributed by atoms with Gasteiger partial charge in [-0.3, -0.25) is 4.68 Å². The summed E-state index contributed by atoms with van der Waals surface area (Å²) in [7, 11) is 0. The first kappa shape index (κ1) is 15.3. The van der Waals surface area contributed by atoms with Crippen molar-refractivity contribution in [2.24, 2.45) is 0 Å². The van der Waals surface area contributed by atoms with Gasteiger partial charge in [0.2, 0.25) is 0 Å². The summed E-state index contributed by atoms with van der Waals surface area (Å²) in [5.74, 6) is 0. The average molecular weight is 282 g/mol. The van der Waals surface area contributed by atoms with Gasteiger partial charge in [0.05, 0.1) is 23.9 Å². The van der Waals surface area contributed by atoms with Crippen molar-refractivity contribution < 1.29 is 0 Å². The van der Waals surface area contributed by atoms with E-state index in [2.05, 4.69) is 41.9 Å². The molecule has 0 aliphatic carbocycles. The number of rotatable bonds is 5. The quantitative estimate of drug-likeness (QED) is 0.917. The molecule has 0 spiro atoms. The van der Waals surface area contributed by atoms with E-state index in [1.165, 1.54) is 16.8 Å². The second-order valence-electron chi connectivity index (χ2n) is 5.34. The van der Waals surface area contributed by atoms with Gasteiger partial charge in [-0.05, 0) is 50.6 Å². The van der Waals surface area contributed by atoms with Gasteiger partial charge >= 0.3 is 0 Å². The second-order valence-corrected chi connectivity index (χ2v) is 5.34. The van der Waals surface area contributed by atoms with E-state index < -0.39 is 0 Å². The standard InChI is InChI=1S/C17H22N4/c1-5-19-10-17-13(3)20-21(14(17)4)11-16-7-6-15(9-18)8-12(16)2/h6-8,19H,5,10-11H2,1-4H3. The summed E-state index contributed by atoms with van der Waals surface area (Å²) >= 11 is 0. The van der Waals surface area contributed by atoms with E-state index in [0.29, 0.717) is 5.56 Å². The van der Waals surface area contributed by atoms with Gasteiger partial charge in [0.25, 0.3) is 0 Å². The van der Waals surface area contributed by atoms with Gasteiger partial charge < -0.3 is 5.32 Å². The van der Waals surface area contributed by atoms with Crippen LogP contribution in [0.1, 0.15) is 40.6 Å². The van der Waals surface area contributed by atoms with Crippen molar-refractivity contribution in [3.8, 4) is 6.07 Å². The Morgan fingerprint density at radius 2 is 2.05 bits per heavy atom. The number of benzene rings is 1. The number of aromatic nitrogens is 2. The fourth-order valence-corrected chi connectivity index (χ4v) is 2.50. The van der Waals surface area contributed by atoms with E-state index in [9.17, 15) is 0 Å². The number of aryl methyl sites for hydroxylation is 2. The zero-order valence-corrected chi connectivity index (χ0v) is 13.2. The Hall–Kier alpha value is -2.12. The molecule has 1 aromatic heterocycles. The maximum absolute atomic E-state index is 8.93. The maximum Gasteiger partial charge on any atom is 0.0991 e. The topological polar surface area (TPSA) is 53.6 Å². The van der Waals surface area contributed by atoms with Crippen molar-refractivity contribution in [1.29, 1.82) is 5.26 Å². The molecule has 21 heavy (non-hydrogen) atoms. The molecular weight excluding hydrogens is 260 g/mol. The maximum atomic E-state index is 8.93. The van der Waals surface area contributed by atoms with E-state index in [4.69, 9.17) is 5.26 Å². The highest BCUT2D eigenvalue weighted by Crippen LogP contribution is 2.17. The summed E-state index contributed by atoms with van der Waals surface area (Å²) in [5.41, 5.74) is 6.61. The van der Waals surface area contributed by atoms with Gasteiger partial charge in [-0.15, -0.1) is 0 Å². The predicted molar refractivity (Wildman–Crippen MR) is 84.1 cm³/mol. The lowest BCUT2D eigenvalue weighted by molar-refractivity contribution is 0.653. The molecule has 0 radical (unpaired) electrons. The molecule has 1 N–H and O–H groups in total. The fourth-order valence-electron chi connectivity index (χ4n) is 2.50. The van der Waals surface area contributed by atoms with Crippen LogP contribution >= 0.6 is 0 Å². The van der Waals surface area contributed by atoms with Crippen LogP contribution in [0.5, 0.6) is 0 Å². The Morgan fingerprint density at radius 1 is 1.29 bits per heavy atom. The molecule has 0 amide bonds. The van der Waals surface area contributed by atoms with Crippen molar-refractivity contribution >= 4 is 0 Å². The Balaban J connectivity index is 2.26. The van der Waals surface area contributed by atoms with Gasteiger partial charge in [-0.2, -0.15) is 10.4 Å². The summed E-state index contributed by atoms with van der Waals surface area (Å²) in [4.78, 5) is 0. The minimum Gasteiger partial charge on any atom is -0.313 e. The largest absolute Gasteiger partial charge is 0.313 e. The third-order valence-corrected chi connectivity index (χ3v) is 3.87. The van der Waals surface area contributed by atoms with Crippen LogP contribution in [-0.2, 0) is 13.1 Å². The molecule has 0 aliphatic heterocycles. The molecule has 0 bridgehead atoms. The molecule has 1 aromatic carbocycles. The van der Waals surface area contributed by atoms with E-state index in [-0.39, 0.29) is 0 Å². The summed E-state index contributed by atoms with van der Waals surface area (Å²) in [6.07, 6.45) is 0. The lowest BCUT2D eigenvalue weighted by Gasteiger charge is -2.09. The van der Waals surface area contributed by atoms with Crippen LogP contribution in [0.4, 0.5) is 0 Å². The third-order valence-electron chi connectivity index (χ3n) is 3.87. The van der Waals surface area contributed by atoms with Crippen LogP contribution in [-0.4, -0.2) is 16.3 Å². The van der Waals surface area contributed by atoms with E-state index in [1.54, 1.807) is 0 Å². The molecule has 0 aliphatic rings. The number of hydrogen-bond donors (Lipinski definition) is 1. The van der Waals surface area contributed by atoms with Gasteiger partial charge in [0.1, 0.15) is 0 Å². The predicted octanol–water partition coefficient (Wildman–Crippen LogP) is 2.84. The lowest BCUT2D eigenvalue weighted by Crippen LogP contribution is -2.13. The third kappa shape index (κ3) is 3.32. The summed E-state index contributed by atoms with van der Waals surface area (Å²) < 4.78 is 2.05. The molecular formula is C17H22N4. The summed E-state index contributed by atoms with van der Waals surface area (Å²) in [5, 5.41) is 16.9. The lowest BCUT2D eigenvalue weighted by atomic mass is 10.1. The van der Waals surface area contributed by atoms with Crippen molar-refractivity contribution in [2.45, 2.75) is 40.8 Å². The normalized spacial score (nSPS) is 10.6. The zero-order valence-electron chi connectivity index (χ0n) is 13.2. The van der Waals surface area contributed by atoms with E-state index >= 15 is 0 Å². The summed E-state index contributed by atoms with van der Waals surface area (Å²) in [6.45, 7) is 10.9. The Kier molecular flexibility index (Phi) is 4.77. The molecule has 4 nitrogen and oxygen atoms in total.